The Balaban J connectivity index is 2.33. The number of rotatable bonds is 2. The molecule has 0 aliphatic rings. The first-order chi connectivity index (χ1) is 8.08. The lowest BCUT2D eigenvalue weighted by atomic mass is 10.0. The van der Waals surface area contributed by atoms with E-state index in [9.17, 15) is 0 Å². The van der Waals surface area contributed by atoms with Crippen LogP contribution in [0.4, 0.5) is 0 Å². The van der Waals surface area contributed by atoms with E-state index in [-0.39, 0.29) is 6.04 Å². The van der Waals surface area contributed by atoms with Gasteiger partial charge in [-0.3, -0.25) is 4.98 Å². The fourth-order valence-electron chi connectivity index (χ4n) is 1.56. The molecule has 2 N–H and O–H groups in total. The molecule has 0 fully saturated rings. The first-order valence-electron chi connectivity index (χ1n) is 5.21. The number of benzene rings is 1. The van der Waals surface area contributed by atoms with E-state index in [0.29, 0.717) is 5.02 Å². The molecule has 0 saturated carbocycles. The summed E-state index contributed by atoms with van der Waals surface area (Å²) >= 11 is 9.35. The zero-order valence-electron chi connectivity index (χ0n) is 9.32. The van der Waals surface area contributed by atoms with Gasteiger partial charge in [0.15, 0.2) is 0 Å². The topological polar surface area (TPSA) is 38.9 Å². The molecule has 4 heteroatoms. The third-order valence-electron chi connectivity index (χ3n) is 2.60. The molecule has 1 aromatic heterocycles. The highest BCUT2D eigenvalue weighted by molar-refractivity contribution is 9.10. The summed E-state index contributed by atoms with van der Waals surface area (Å²) in [6.45, 7) is 1.95. The van der Waals surface area contributed by atoms with Crippen LogP contribution in [-0.2, 0) is 0 Å². The second kappa shape index (κ2) is 5.17. The molecule has 88 valence electrons. The van der Waals surface area contributed by atoms with E-state index in [2.05, 4.69) is 20.9 Å². The van der Waals surface area contributed by atoms with Crippen molar-refractivity contribution in [2.24, 2.45) is 5.73 Å². The highest BCUT2D eigenvalue weighted by Crippen LogP contribution is 2.27. The predicted molar refractivity (Wildman–Crippen MR) is 74.2 cm³/mol. The van der Waals surface area contributed by atoms with Crippen molar-refractivity contribution in [3.63, 3.8) is 0 Å². The zero-order chi connectivity index (χ0) is 12.4. The lowest BCUT2D eigenvalue weighted by Crippen LogP contribution is -2.12. The quantitative estimate of drug-likeness (QED) is 0.915. The van der Waals surface area contributed by atoms with Gasteiger partial charge in [0.25, 0.3) is 0 Å². The SMILES string of the molecule is Cc1ccc(C(N)c2ccc(Cl)c(Br)c2)cn1. The predicted octanol–water partition coefficient (Wildman–Crippen LogP) is 3.85. The van der Waals surface area contributed by atoms with E-state index >= 15 is 0 Å². The molecule has 0 bridgehead atoms. The van der Waals surface area contributed by atoms with Crippen molar-refractivity contribution in [2.45, 2.75) is 13.0 Å². The highest BCUT2D eigenvalue weighted by atomic mass is 79.9. The Morgan fingerprint density at radius 2 is 1.94 bits per heavy atom. The Hall–Kier alpha value is -0.900. The van der Waals surface area contributed by atoms with Crippen LogP contribution in [0.3, 0.4) is 0 Å². The normalized spacial score (nSPS) is 12.5. The number of aryl methyl sites for hydroxylation is 1. The molecular weight excluding hydrogens is 300 g/mol. The molecule has 1 atom stereocenters. The van der Waals surface area contributed by atoms with Crippen molar-refractivity contribution >= 4 is 27.5 Å². The molecular formula is C13H12BrClN2. The second-order valence-corrected chi connectivity index (χ2v) is 5.15. The van der Waals surface area contributed by atoms with Gasteiger partial charge in [0.2, 0.25) is 0 Å². The van der Waals surface area contributed by atoms with Crippen LogP contribution in [0.2, 0.25) is 5.02 Å². The number of hydrogen-bond acceptors (Lipinski definition) is 2. The van der Waals surface area contributed by atoms with Gasteiger partial charge in [-0.1, -0.05) is 23.7 Å². The Kier molecular flexibility index (Phi) is 3.82. The number of pyridine rings is 1. The van der Waals surface area contributed by atoms with Gasteiger partial charge in [-0.2, -0.15) is 0 Å². The van der Waals surface area contributed by atoms with E-state index in [0.717, 1.165) is 21.3 Å². The number of hydrogen-bond donors (Lipinski definition) is 1. The van der Waals surface area contributed by atoms with Crippen LogP contribution in [0.5, 0.6) is 0 Å². The van der Waals surface area contributed by atoms with Crippen molar-refractivity contribution in [3.8, 4) is 0 Å². The molecule has 1 unspecified atom stereocenters. The molecule has 2 rings (SSSR count). The Morgan fingerprint density at radius 3 is 2.53 bits per heavy atom. The zero-order valence-corrected chi connectivity index (χ0v) is 11.7. The van der Waals surface area contributed by atoms with Crippen LogP contribution >= 0.6 is 27.5 Å². The van der Waals surface area contributed by atoms with E-state index in [1.807, 2.05) is 43.5 Å². The third-order valence-corrected chi connectivity index (χ3v) is 3.81. The van der Waals surface area contributed by atoms with Gasteiger partial charge in [0, 0.05) is 16.4 Å². The maximum atomic E-state index is 6.18. The molecule has 17 heavy (non-hydrogen) atoms. The maximum absolute atomic E-state index is 6.18. The van der Waals surface area contributed by atoms with Crippen molar-refractivity contribution in [2.75, 3.05) is 0 Å². The van der Waals surface area contributed by atoms with Gasteiger partial charge in [-0.15, -0.1) is 0 Å². The molecule has 2 nitrogen and oxygen atoms in total. The van der Waals surface area contributed by atoms with Crippen LogP contribution in [0.25, 0.3) is 0 Å². The largest absolute Gasteiger partial charge is 0.320 e. The molecule has 0 saturated heterocycles. The standard InChI is InChI=1S/C13H12BrClN2/c1-8-2-3-10(7-17-8)13(16)9-4-5-12(15)11(14)6-9/h2-7,13H,16H2,1H3. The summed E-state index contributed by atoms with van der Waals surface area (Å²) in [4.78, 5) is 4.25. The van der Waals surface area contributed by atoms with E-state index in [1.165, 1.54) is 0 Å². The lowest BCUT2D eigenvalue weighted by Gasteiger charge is -2.13. The van der Waals surface area contributed by atoms with Crippen LogP contribution < -0.4 is 5.73 Å². The molecule has 0 spiro atoms. The van der Waals surface area contributed by atoms with E-state index < -0.39 is 0 Å². The fraction of sp³-hybridized carbons (Fsp3) is 0.154. The van der Waals surface area contributed by atoms with Crippen molar-refractivity contribution in [1.29, 1.82) is 0 Å². The summed E-state index contributed by atoms with van der Waals surface area (Å²) < 4.78 is 0.854. The van der Waals surface area contributed by atoms with Crippen LogP contribution in [0.1, 0.15) is 22.9 Å². The highest BCUT2D eigenvalue weighted by Gasteiger charge is 2.10. The van der Waals surface area contributed by atoms with Crippen molar-refractivity contribution in [1.82, 2.24) is 4.98 Å². The van der Waals surface area contributed by atoms with Gasteiger partial charge in [0.1, 0.15) is 0 Å². The summed E-state index contributed by atoms with van der Waals surface area (Å²) in [5, 5.41) is 0.683. The Morgan fingerprint density at radius 1 is 1.24 bits per heavy atom. The lowest BCUT2D eigenvalue weighted by molar-refractivity contribution is 0.859. The average Bonchev–Trinajstić information content (AvgIpc) is 2.33. The summed E-state index contributed by atoms with van der Waals surface area (Å²) in [5.74, 6) is 0. The third kappa shape index (κ3) is 2.86. The molecule has 1 aromatic carbocycles. The first kappa shape index (κ1) is 12.6. The monoisotopic (exact) mass is 310 g/mol. The van der Waals surface area contributed by atoms with Crippen molar-refractivity contribution in [3.05, 3.63) is 62.8 Å². The van der Waals surface area contributed by atoms with E-state index in [1.54, 1.807) is 0 Å². The van der Waals surface area contributed by atoms with Crippen LogP contribution in [0.15, 0.2) is 41.0 Å². The number of nitrogens with two attached hydrogens (primary N) is 1. The minimum absolute atomic E-state index is 0.184. The molecule has 0 radical (unpaired) electrons. The first-order valence-corrected chi connectivity index (χ1v) is 6.38. The van der Waals surface area contributed by atoms with Gasteiger partial charge in [0.05, 0.1) is 11.1 Å². The number of nitrogens with zero attached hydrogens (tertiary/aromatic N) is 1. The fourth-order valence-corrected chi connectivity index (χ4v) is 2.08. The summed E-state index contributed by atoms with van der Waals surface area (Å²) in [5.41, 5.74) is 9.16. The maximum Gasteiger partial charge on any atom is 0.0567 e. The molecule has 0 amide bonds. The minimum atomic E-state index is -0.184. The average molecular weight is 312 g/mol. The molecule has 0 aliphatic carbocycles. The molecule has 0 aliphatic heterocycles. The Labute approximate surface area is 114 Å². The van der Waals surface area contributed by atoms with Crippen LogP contribution in [0, 0.1) is 6.92 Å². The van der Waals surface area contributed by atoms with Crippen LogP contribution in [-0.4, -0.2) is 4.98 Å². The number of halogens is 2. The van der Waals surface area contributed by atoms with E-state index in [4.69, 9.17) is 17.3 Å². The summed E-state index contributed by atoms with van der Waals surface area (Å²) in [6.07, 6.45) is 1.81. The summed E-state index contributed by atoms with van der Waals surface area (Å²) in [6, 6.07) is 9.47. The van der Waals surface area contributed by atoms with Crippen molar-refractivity contribution < 1.29 is 0 Å². The second-order valence-electron chi connectivity index (χ2n) is 3.88. The number of aromatic nitrogens is 1. The van der Waals surface area contributed by atoms with Gasteiger partial charge < -0.3 is 5.73 Å². The van der Waals surface area contributed by atoms with Gasteiger partial charge in [-0.25, -0.2) is 0 Å². The van der Waals surface area contributed by atoms with Gasteiger partial charge in [-0.05, 0) is 52.2 Å². The van der Waals surface area contributed by atoms with Gasteiger partial charge >= 0.3 is 0 Å². The smallest absolute Gasteiger partial charge is 0.0567 e. The molecule has 2 aromatic rings. The Bertz CT molecular complexity index is 525. The molecule has 1 heterocycles. The minimum Gasteiger partial charge on any atom is -0.320 e. The summed E-state index contributed by atoms with van der Waals surface area (Å²) in [7, 11) is 0.